The first-order valence-electron chi connectivity index (χ1n) is 11.1. The van der Waals surface area contributed by atoms with Gasteiger partial charge in [-0.15, -0.1) is 0 Å². The lowest BCUT2D eigenvalue weighted by Gasteiger charge is -2.02. The number of carbonyl (C=O) groups is 1. The summed E-state index contributed by atoms with van der Waals surface area (Å²) in [5, 5.41) is 0. The third kappa shape index (κ3) is 16.8. The number of halogens is 1. The zero-order chi connectivity index (χ0) is 19.4. The van der Waals surface area contributed by atoms with Crippen LogP contribution in [0, 0.1) is 0 Å². The third-order valence-corrected chi connectivity index (χ3v) is 4.79. The van der Waals surface area contributed by atoms with E-state index in [0.29, 0.717) is 13.2 Å². The van der Waals surface area contributed by atoms with E-state index in [2.05, 4.69) is 19.1 Å². The molecule has 0 aromatic carbocycles. The van der Waals surface area contributed by atoms with Crippen molar-refractivity contribution in [2.45, 2.75) is 104 Å². The van der Waals surface area contributed by atoms with Gasteiger partial charge in [-0.2, -0.15) is 4.57 Å². The summed E-state index contributed by atoms with van der Waals surface area (Å²) in [6.07, 6.45) is 25.6. The van der Waals surface area contributed by atoms with Gasteiger partial charge in [-0.1, -0.05) is 76.5 Å². The van der Waals surface area contributed by atoms with Crippen LogP contribution in [0.1, 0.15) is 96.8 Å². The Kier molecular flexibility index (Phi) is 19.4. The first-order chi connectivity index (χ1) is 13.3. The highest BCUT2D eigenvalue weighted by molar-refractivity contribution is 5.68. The molecule has 160 valence electrons. The zero-order valence-corrected chi connectivity index (χ0v) is 18.5. The molecule has 0 spiro atoms. The van der Waals surface area contributed by atoms with Crippen molar-refractivity contribution in [3.05, 3.63) is 42.7 Å². The summed E-state index contributed by atoms with van der Waals surface area (Å²) < 4.78 is 7.12. The Balaban J connectivity index is 0.00000729. The number of rotatable bonds is 17. The fourth-order valence-electron chi connectivity index (χ4n) is 3.08. The van der Waals surface area contributed by atoms with E-state index in [1.807, 2.05) is 35.2 Å². The second-order valence-electron chi connectivity index (χ2n) is 7.37. The number of hydrogen-bond donors (Lipinski definition) is 0. The molecule has 0 saturated carbocycles. The van der Waals surface area contributed by atoms with Gasteiger partial charge in [0.1, 0.15) is 0 Å². The van der Waals surface area contributed by atoms with E-state index in [9.17, 15) is 4.79 Å². The van der Waals surface area contributed by atoms with Gasteiger partial charge >= 0.3 is 5.97 Å². The summed E-state index contributed by atoms with van der Waals surface area (Å²) in [6.45, 7) is 2.58. The van der Waals surface area contributed by atoms with Gasteiger partial charge in [-0.25, -0.2) is 0 Å². The van der Waals surface area contributed by atoms with Crippen molar-refractivity contribution in [3.8, 4) is 0 Å². The molecule has 0 aliphatic heterocycles. The third-order valence-electron chi connectivity index (χ3n) is 4.79. The molecule has 0 amide bonds. The second kappa shape index (κ2) is 20.4. The summed E-state index contributed by atoms with van der Waals surface area (Å²) in [5.74, 6) is -0.0935. The SMILES string of the molecule is CCCCCCCCC=CCCCCCCCC(=O)OC[n+]1ccccc1.[Cl-]. The zero-order valence-electron chi connectivity index (χ0n) is 17.8. The van der Waals surface area contributed by atoms with E-state index in [4.69, 9.17) is 4.74 Å². The number of nitrogens with zero attached hydrogens (tertiary/aromatic N) is 1. The van der Waals surface area contributed by atoms with Gasteiger partial charge in [0, 0.05) is 18.6 Å². The lowest BCUT2D eigenvalue weighted by atomic mass is 10.1. The number of allylic oxidation sites excluding steroid dienone is 2. The molecule has 1 heterocycles. The average molecular weight is 410 g/mol. The van der Waals surface area contributed by atoms with Crippen LogP contribution in [-0.2, 0) is 16.3 Å². The van der Waals surface area contributed by atoms with Crippen molar-refractivity contribution >= 4 is 5.97 Å². The number of pyridine rings is 1. The van der Waals surface area contributed by atoms with E-state index >= 15 is 0 Å². The lowest BCUT2D eigenvalue weighted by Crippen LogP contribution is -3.00. The first kappa shape index (κ1) is 26.6. The van der Waals surface area contributed by atoms with Crippen molar-refractivity contribution in [3.63, 3.8) is 0 Å². The maximum atomic E-state index is 11.7. The maximum absolute atomic E-state index is 11.7. The summed E-state index contributed by atoms with van der Waals surface area (Å²) in [7, 11) is 0. The predicted octanol–water partition coefficient (Wildman–Crippen LogP) is 3.52. The predicted molar refractivity (Wildman–Crippen MR) is 112 cm³/mol. The Bertz CT molecular complexity index is 491. The van der Waals surface area contributed by atoms with Crippen molar-refractivity contribution < 1.29 is 26.5 Å². The van der Waals surface area contributed by atoms with Gasteiger partial charge in [-0.05, 0) is 32.1 Å². The topological polar surface area (TPSA) is 30.2 Å². The standard InChI is InChI=1S/C24H40NO2.ClH/c1-2-3-4-5-6-7-8-9-10-11-12-13-14-15-17-20-24(26)27-23-25-21-18-16-19-22-25;/h9-10,16,18-19,21-22H,2-8,11-15,17,20,23H2,1H3;1H/q+1;/p-1. The molecule has 1 aromatic heterocycles. The fraction of sp³-hybridized carbons (Fsp3) is 0.667. The van der Waals surface area contributed by atoms with Crippen LogP contribution in [0.4, 0.5) is 0 Å². The molecule has 0 aliphatic rings. The van der Waals surface area contributed by atoms with Gasteiger partial charge in [0.25, 0.3) is 6.73 Å². The van der Waals surface area contributed by atoms with Crippen molar-refractivity contribution in [2.75, 3.05) is 0 Å². The fourth-order valence-corrected chi connectivity index (χ4v) is 3.08. The largest absolute Gasteiger partial charge is 1.00 e. The maximum Gasteiger partial charge on any atom is 0.310 e. The Hall–Kier alpha value is -1.35. The first-order valence-corrected chi connectivity index (χ1v) is 11.1. The number of esters is 1. The van der Waals surface area contributed by atoms with E-state index in [1.165, 1.54) is 70.6 Å². The highest BCUT2D eigenvalue weighted by Crippen LogP contribution is 2.10. The number of carbonyl (C=O) groups excluding carboxylic acids is 1. The molecule has 0 atom stereocenters. The van der Waals surface area contributed by atoms with Gasteiger partial charge in [0.15, 0.2) is 12.4 Å². The van der Waals surface area contributed by atoms with E-state index < -0.39 is 0 Å². The van der Waals surface area contributed by atoms with Crippen molar-refractivity contribution in [1.82, 2.24) is 0 Å². The number of hydrogen-bond acceptors (Lipinski definition) is 2. The molecule has 1 rings (SSSR count). The van der Waals surface area contributed by atoms with Crippen LogP contribution in [-0.4, -0.2) is 5.97 Å². The molecule has 0 unspecified atom stereocenters. The minimum Gasteiger partial charge on any atom is -1.00 e. The smallest absolute Gasteiger partial charge is 0.310 e. The Morgan fingerprint density at radius 1 is 0.786 bits per heavy atom. The molecule has 4 heteroatoms. The van der Waals surface area contributed by atoms with E-state index in [0.717, 1.165) is 12.8 Å². The van der Waals surface area contributed by atoms with Gasteiger partial charge in [0.05, 0.1) is 0 Å². The van der Waals surface area contributed by atoms with Gasteiger partial charge in [0.2, 0.25) is 0 Å². The van der Waals surface area contributed by atoms with Crippen LogP contribution in [0.5, 0.6) is 0 Å². The molecule has 0 radical (unpaired) electrons. The highest BCUT2D eigenvalue weighted by atomic mass is 35.5. The Morgan fingerprint density at radius 3 is 1.93 bits per heavy atom. The normalized spacial score (nSPS) is 10.8. The molecule has 0 N–H and O–H groups in total. The van der Waals surface area contributed by atoms with E-state index in [1.54, 1.807) is 0 Å². The number of aromatic nitrogens is 1. The molecular weight excluding hydrogens is 370 g/mol. The molecule has 0 saturated heterocycles. The van der Waals surface area contributed by atoms with Gasteiger partial charge in [-0.3, -0.25) is 4.79 Å². The molecule has 3 nitrogen and oxygen atoms in total. The van der Waals surface area contributed by atoms with Crippen LogP contribution >= 0.6 is 0 Å². The summed E-state index contributed by atoms with van der Waals surface area (Å²) in [4.78, 5) is 11.7. The summed E-state index contributed by atoms with van der Waals surface area (Å²) in [5.41, 5.74) is 0. The molecule has 0 aliphatic carbocycles. The van der Waals surface area contributed by atoms with Crippen LogP contribution in [0.3, 0.4) is 0 Å². The molecule has 1 aromatic rings. The summed E-state index contributed by atoms with van der Waals surface area (Å²) in [6, 6.07) is 5.80. The second-order valence-corrected chi connectivity index (χ2v) is 7.37. The highest BCUT2D eigenvalue weighted by Gasteiger charge is 2.05. The van der Waals surface area contributed by atoms with Crippen molar-refractivity contribution in [1.29, 1.82) is 0 Å². The van der Waals surface area contributed by atoms with Crippen LogP contribution in [0.15, 0.2) is 42.7 Å². The van der Waals surface area contributed by atoms with Crippen LogP contribution < -0.4 is 17.0 Å². The average Bonchev–Trinajstić information content (AvgIpc) is 2.70. The Labute approximate surface area is 179 Å². The van der Waals surface area contributed by atoms with Gasteiger partial charge < -0.3 is 17.1 Å². The minimum absolute atomic E-state index is 0. The molecular formula is C24H40ClNO2. The molecule has 0 fully saturated rings. The monoisotopic (exact) mass is 409 g/mol. The molecule has 0 bridgehead atoms. The van der Waals surface area contributed by atoms with Crippen LogP contribution in [0.2, 0.25) is 0 Å². The Morgan fingerprint density at radius 2 is 1.32 bits per heavy atom. The van der Waals surface area contributed by atoms with Crippen LogP contribution in [0.25, 0.3) is 0 Å². The number of unbranched alkanes of at least 4 members (excludes halogenated alkanes) is 11. The molecule has 28 heavy (non-hydrogen) atoms. The number of ether oxygens (including phenoxy) is 1. The van der Waals surface area contributed by atoms with E-state index in [-0.39, 0.29) is 18.4 Å². The quantitative estimate of drug-likeness (QED) is 0.170. The van der Waals surface area contributed by atoms with Crippen molar-refractivity contribution in [2.24, 2.45) is 0 Å². The lowest BCUT2D eigenvalue weighted by molar-refractivity contribution is -0.727. The summed E-state index contributed by atoms with van der Waals surface area (Å²) >= 11 is 0. The minimum atomic E-state index is -0.0935.